The van der Waals surface area contributed by atoms with Crippen molar-refractivity contribution in [2.45, 2.75) is 27.7 Å². The van der Waals surface area contributed by atoms with Crippen LogP contribution in [0.1, 0.15) is 22.8 Å². The van der Waals surface area contributed by atoms with Gasteiger partial charge >= 0.3 is 0 Å². The summed E-state index contributed by atoms with van der Waals surface area (Å²) in [5.74, 6) is 1.78. The lowest BCUT2D eigenvalue weighted by Crippen LogP contribution is -2.02. The van der Waals surface area contributed by atoms with Gasteiger partial charge in [0, 0.05) is 51.2 Å². The molecule has 34 heavy (non-hydrogen) atoms. The van der Waals surface area contributed by atoms with Gasteiger partial charge in [-0.05, 0) is 64.1 Å². The topological polar surface area (TPSA) is 77.3 Å². The number of nitrogens with zero attached hydrogens (tertiary/aromatic N) is 6. The molecule has 0 amide bonds. The largest absolute Gasteiger partial charge is 0.258 e. The Kier molecular flexibility index (Phi) is 5.64. The quantitative estimate of drug-likeness (QED) is 0.340. The summed E-state index contributed by atoms with van der Waals surface area (Å²) in [4.78, 5) is 28.1. The number of aromatic nitrogens is 6. The number of pyridine rings is 3. The van der Waals surface area contributed by atoms with Crippen LogP contribution in [-0.2, 0) is 0 Å². The summed E-state index contributed by atoms with van der Waals surface area (Å²) in [6.45, 7) is 7.89. The van der Waals surface area contributed by atoms with Crippen LogP contribution in [0.4, 0.5) is 0 Å². The Morgan fingerprint density at radius 2 is 0.912 bits per heavy atom. The van der Waals surface area contributed by atoms with Crippen LogP contribution in [0.15, 0.2) is 72.9 Å². The second kappa shape index (κ2) is 8.90. The summed E-state index contributed by atoms with van der Waals surface area (Å²) < 4.78 is 0. The summed E-state index contributed by atoms with van der Waals surface area (Å²) in [5, 5.41) is 0. The molecule has 0 aliphatic rings. The number of hydrogen-bond donors (Lipinski definition) is 0. The third kappa shape index (κ3) is 4.57. The van der Waals surface area contributed by atoms with Gasteiger partial charge in [0.05, 0.1) is 5.69 Å². The lowest BCUT2D eigenvalue weighted by molar-refractivity contribution is 1.05. The van der Waals surface area contributed by atoms with Gasteiger partial charge in [0.25, 0.3) is 0 Å². The van der Waals surface area contributed by atoms with Crippen LogP contribution in [0, 0.1) is 27.7 Å². The average Bonchev–Trinajstić information content (AvgIpc) is 2.83. The molecule has 1 aromatic carbocycles. The first-order valence-electron chi connectivity index (χ1n) is 11.1. The maximum absolute atomic E-state index is 4.83. The SMILES string of the molecule is Cc1cc(-c2nc(-c3ccc(-c4ccccc4)nc3)nc(-c3cc(C)nc(C)c3)n2)cc(C)n1. The zero-order chi connectivity index (χ0) is 23.7. The van der Waals surface area contributed by atoms with Crippen molar-refractivity contribution < 1.29 is 0 Å². The van der Waals surface area contributed by atoms with E-state index in [1.807, 2.05) is 101 Å². The molecule has 5 rings (SSSR count). The molecule has 0 atom stereocenters. The highest BCUT2D eigenvalue weighted by molar-refractivity contribution is 5.68. The third-order valence-corrected chi connectivity index (χ3v) is 5.41. The molecule has 166 valence electrons. The number of hydrogen-bond acceptors (Lipinski definition) is 6. The normalized spacial score (nSPS) is 10.9. The van der Waals surface area contributed by atoms with Crippen LogP contribution in [0.3, 0.4) is 0 Å². The third-order valence-electron chi connectivity index (χ3n) is 5.41. The Morgan fingerprint density at radius 3 is 1.35 bits per heavy atom. The molecule has 4 aromatic heterocycles. The van der Waals surface area contributed by atoms with Gasteiger partial charge in [0.1, 0.15) is 0 Å². The molecular weight excluding hydrogens is 420 g/mol. The average molecular weight is 445 g/mol. The first kappa shape index (κ1) is 21.5. The highest BCUT2D eigenvalue weighted by atomic mass is 15.0. The van der Waals surface area contributed by atoms with Crippen LogP contribution in [0.2, 0.25) is 0 Å². The Bertz CT molecular complexity index is 1370. The van der Waals surface area contributed by atoms with Gasteiger partial charge in [0.15, 0.2) is 17.5 Å². The van der Waals surface area contributed by atoms with Crippen molar-refractivity contribution in [2.75, 3.05) is 0 Å². The summed E-state index contributed by atoms with van der Waals surface area (Å²) in [5.41, 5.74) is 8.29. The zero-order valence-electron chi connectivity index (χ0n) is 19.6. The summed E-state index contributed by atoms with van der Waals surface area (Å²) in [7, 11) is 0. The van der Waals surface area contributed by atoms with Crippen molar-refractivity contribution in [3.8, 4) is 45.4 Å². The lowest BCUT2D eigenvalue weighted by atomic mass is 10.1. The first-order chi connectivity index (χ1) is 16.4. The second-order valence-electron chi connectivity index (χ2n) is 8.38. The highest BCUT2D eigenvalue weighted by Crippen LogP contribution is 2.27. The van der Waals surface area contributed by atoms with Crippen molar-refractivity contribution in [1.29, 1.82) is 0 Å². The number of aryl methyl sites for hydroxylation is 4. The van der Waals surface area contributed by atoms with E-state index in [1.54, 1.807) is 0 Å². The van der Waals surface area contributed by atoms with Gasteiger partial charge in [-0.2, -0.15) is 0 Å². The molecule has 0 saturated heterocycles. The molecule has 0 unspecified atom stereocenters. The molecule has 4 heterocycles. The fourth-order valence-electron chi connectivity index (χ4n) is 4.00. The summed E-state index contributed by atoms with van der Waals surface area (Å²) >= 11 is 0. The molecule has 0 fully saturated rings. The maximum atomic E-state index is 4.83. The van der Waals surface area contributed by atoms with Gasteiger partial charge in [-0.25, -0.2) is 15.0 Å². The van der Waals surface area contributed by atoms with E-state index in [-0.39, 0.29) is 0 Å². The Hall–Kier alpha value is -4.32. The molecule has 0 radical (unpaired) electrons. The van der Waals surface area contributed by atoms with E-state index in [9.17, 15) is 0 Å². The van der Waals surface area contributed by atoms with E-state index in [4.69, 9.17) is 15.0 Å². The predicted octanol–water partition coefficient (Wildman–Crippen LogP) is 5.96. The molecule has 0 spiro atoms. The van der Waals surface area contributed by atoms with Gasteiger partial charge in [-0.15, -0.1) is 0 Å². The maximum Gasteiger partial charge on any atom is 0.165 e. The standard InChI is InChI=1S/C28H24N6/c1-17-12-23(13-18(2)30-17)27-32-26(33-28(34-27)24-14-19(3)31-20(4)15-24)22-10-11-25(29-16-22)21-8-6-5-7-9-21/h5-16H,1-4H3. The number of rotatable bonds is 4. The fourth-order valence-corrected chi connectivity index (χ4v) is 4.00. The Morgan fingerprint density at radius 1 is 0.441 bits per heavy atom. The molecule has 0 bridgehead atoms. The van der Waals surface area contributed by atoms with Crippen molar-refractivity contribution in [2.24, 2.45) is 0 Å². The molecule has 6 heteroatoms. The van der Waals surface area contributed by atoms with E-state index in [0.717, 1.165) is 50.7 Å². The summed E-state index contributed by atoms with van der Waals surface area (Å²) in [6.07, 6.45) is 1.82. The minimum absolute atomic E-state index is 0.575. The molecule has 0 aliphatic carbocycles. The Labute approximate surface area is 198 Å². The monoisotopic (exact) mass is 444 g/mol. The van der Waals surface area contributed by atoms with Gasteiger partial charge in [-0.3, -0.25) is 15.0 Å². The van der Waals surface area contributed by atoms with E-state index in [1.165, 1.54) is 0 Å². The number of benzene rings is 1. The van der Waals surface area contributed by atoms with Gasteiger partial charge < -0.3 is 0 Å². The fraction of sp³-hybridized carbons (Fsp3) is 0.143. The smallest absolute Gasteiger partial charge is 0.165 e. The minimum Gasteiger partial charge on any atom is -0.258 e. The second-order valence-corrected chi connectivity index (χ2v) is 8.38. The Balaban J connectivity index is 1.65. The predicted molar refractivity (Wildman–Crippen MR) is 134 cm³/mol. The molecular formula is C28H24N6. The van der Waals surface area contributed by atoms with Crippen LogP contribution >= 0.6 is 0 Å². The molecule has 0 N–H and O–H groups in total. The lowest BCUT2D eigenvalue weighted by Gasteiger charge is -2.10. The van der Waals surface area contributed by atoms with Crippen LogP contribution in [0.5, 0.6) is 0 Å². The molecule has 5 aromatic rings. The van der Waals surface area contributed by atoms with Gasteiger partial charge in [-0.1, -0.05) is 30.3 Å². The van der Waals surface area contributed by atoms with Crippen molar-refractivity contribution in [3.05, 3.63) is 95.7 Å². The van der Waals surface area contributed by atoms with Crippen LogP contribution < -0.4 is 0 Å². The first-order valence-corrected chi connectivity index (χ1v) is 11.1. The van der Waals surface area contributed by atoms with Crippen LogP contribution in [-0.4, -0.2) is 29.9 Å². The van der Waals surface area contributed by atoms with E-state index >= 15 is 0 Å². The van der Waals surface area contributed by atoms with Crippen molar-refractivity contribution >= 4 is 0 Å². The van der Waals surface area contributed by atoms with Crippen molar-refractivity contribution in [1.82, 2.24) is 29.9 Å². The minimum atomic E-state index is 0.575. The van der Waals surface area contributed by atoms with Crippen molar-refractivity contribution in [3.63, 3.8) is 0 Å². The highest BCUT2D eigenvalue weighted by Gasteiger charge is 2.14. The van der Waals surface area contributed by atoms with Gasteiger partial charge in [0.2, 0.25) is 0 Å². The molecule has 0 aliphatic heterocycles. The van der Waals surface area contributed by atoms with E-state index in [0.29, 0.717) is 17.5 Å². The van der Waals surface area contributed by atoms with E-state index < -0.39 is 0 Å². The summed E-state index contributed by atoms with van der Waals surface area (Å²) in [6, 6.07) is 22.1. The molecule has 0 saturated carbocycles. The van der Waals surface area contributed by atoms with Crippen LogP contribution in [0.25, 0.3) is 45.4 Å². The molecule has 6 nitrogen and oxygen atoms in total. The zero-order valence-corrected chi connectivity index (χ0v) is 19.6. The van der Waals surface area contributed by atoms with E-state index in [2.05, 4.69) is 15.0 Å².